The fraction of sp³-hybridized carbons (Fsp3) is 0.308. The molecule has 0 aliphatic carbocycles. The molecule has 0 aliphatic heterocycles. The topological polar surface area (TPSA) is 90.9 Å². The standard InChI is InChI=1S/C13H14N4O3S/c1-3-16-9(2)14-15-13(16)21-8-12(18)10-4-6-11(7-5-10)17(19)20/h4-7H,3,8H2,1-2H3. The fourth-order valence-corrected chi connectivity index (χ4v) is 2.76. The van der Waals surface area contributed by atoms with Crippen LogP contribution in [0.4, 0.5) is 5.69 Å². The Kier molecular flexibility index (Phi) is 4.69. The van der Waals surface area contributed by atoms with Gasteiger partial charge < -0.3 is 4.57 Å². The van der Waals surface area contributed by atoms with Crippen LogP contribution in [-0.2, 0) is 6.54 Å². The van der Waals surface area contributed by atoms with Gasteiger partial charge in [-0.15, -0.1) is 10.2 Å². The lowest BCUT2D eigenvalue weighted by Gasteiger charge is -2.04. The lowest BCUT2D eigenvalue weighted by Crippen LogP contribution is -2.05. The number of rotatable bonds is 6. The average Bonchev–Trinajstić information content (AvgIpc) is 2.85. The molecule has 1 heterocycles. The first-order valence-electron chi connectivity index (χ1n) is 6.33. The molecule has 1 aromatic carbocycles. The Hall–Kier alpha value is -2.22. The second kappa shape index (κ2) is 6.49. The molecule has 0 bridgehead atoms. The highest BCUT2D eigenvalue weighted by atomic mass is 32.2. The van der Waals surface area contributed by atoms with E-state index in [1.54, 1.807) is 0 Å². The number of non-ortho nitro benzene ring substituents is 1. The summed E-state index contributed by atoms with van der Waals surface area (Å²) in [6.07, 6.45) is 0. The lowest BCUT2D eigenvalue weighted by atomic mass is 10.1. The number of carbonyl (C=O) groups excluding carboxylic acids is 1. The zero-order chi connectivity index (χ0) is 15.4. The first-order chi connectivity index (χ1) is 10.0. The maximum absolute atomic E-state index is 12.1. The van der Waals surface area contributed by atoms with E-state index in [0.717, 1.165) is 12.4 Å². The molecule has 7 nitrogen and oxygen atoms in total. The van der Waals surface area contributed by atoms with Crippen LogP contribution in [0.3, 0.4) is 0 Å². The van der Waals surface area contributed by atoms with Crippen molar-refractivity contribution in [3.05, 3.63) is 45.8 Å². The molecule has 1 aromatic heterocycles. The molecule has 0 N–H and O–H groups in total. The molecule has 0 unspecified atom stereocenters. The number of benzene rings is 1. The van der Waals surface area contributed by atoms with Crippen LogP contribution >= 0.6 is 11.8 Å². The molecule has 0 saturated carbocycles. The van der Waals surface area contributed by atoms with Gasteiger partial charge in [-0.2, -0.15) is 0 Å². The molecule has 0 aliphatic rings. The van der Waals surface area contributed by atoms with Crippen molar-refractivity contribution >= 4 is 23.2 Å². The molecular weight excluding hydrogens is 292 g/mol. The van der Waals surface area contributed by atoms with Gasteiger partial charge in [0.1, 0.15) is 5.82 Å². The van der Waals surface area contributed by atoms with Crippen molar-refractivity contribution in [2.45, 2.75) is 25.5 Å². The van der Waals surface area contributed by atoms with Gasteiger partial charge in [-0.1, -0.05) is 11.8 Å². The van der Waals surface area contributed by atoms with Crippen LogP contribution in [-0.4, -0.2) is 31.2 Å². The Morgan fingerprint density at radius 1 is 1.33 bits per heavy atom. The molecule has 0 amide bonds. The largest absolute Gasteiger partial charge is 0.307 e. The normalized spacial score (nSPS) is 10.6. The molecule has 8 heteroatoms. The Bertz CT molecular complexity index is 667. The molecule has 0 atom stereocenters. The third kappa shape index (κ3) is 3.46. The second-order valence-electron chi connectivity index (χ2n) is 4.29. The van der Waals surface area contributed by atoms with Gasteiger partial charge in [0.25, 0.3) is 5.69 Å². The summed E-state index contributed by atoms with van der Waals surface area (Å²) in [5.41, 5.74) is 0.424. The van der Waals surface area contributed by atoms with Crippen LogP contribution in [0.1, 0.15) is 23.1 Å². The number of aryl methyl sites for hydroxylation is 1. The first kappa shape index (κ1) is 15.2. The number of aromatic nitrogens is 3. The smallest absolute Gasteiger partial charge is 0.269 e. The van der Waals surface area contributed by atoms with Gasteiger partial charge in [-0.3, -0.25) is 14.9 Å². The SMILES string of the molecule is CCn1c(C)nnc1SCC(=O)c1ccc([N+](=O)[O-])cc1. The van der Waals surface area contributed by atoms with E-state index < -0.39 is 4.92 Å². The number of nitrogens with zero attached hydrogens (tertiary/aromatic N) is 4. The Morgan fingerprint density at radius 2 is 2.00 bits per heavy atom. The van der Waals surface area contributed by atoms with Crippen molar-refractivity contribution in [1.82, 2.24) is 14.8 Å². The zero-order valence-corrected chi connectivity index (χ0v) is 12.5. The third-order valence-electron chi connectivity index (χ3n) is 2.95. The fourth-order valence-electron chi connectivity index (χ4n) is 1.81. The van der Waals surface area contributed by atoms with Crippen molar-refractivity contribution in [3.8, 4) is 0 Å². The van der Waals surface area contributed by atoms with Crippen molar-refractivity contribution < 1.29 is 9.72 Å². The van der Waals surface area contributed by atoms with E-state index in [9.17, 15) is 14.9 Å². The number of Topliss-reactive ketones (excluding diaryl/α,β-unsaturated/α-hetero) is 1. The maximum Gasteiger partial charge on any atom is 0.269 e. The van der Waals surface area contributed by atoms with Crippen LogP contribution in [0.15, 0.2) is 29.4 Å². The van der Waals surface area contributed by atoms with Gasteiger partial charge in [0.2, 0.25) is 0 Å². The highest BCUT2D eigenvalue weighted by Crippen LogP contribution is 2.19. The van der Waals surface area contributed by atoms with Gasteiger partial charge in [0, 0.05) is 24.2 Å². The first-order valence-corrected chi connectivity index (χ1v) is 7.31. The van der Waals surface area contributed by atoms with E-state index in [0.29, 0.717) is 10.7 Å². The minimum absolute atomic E-state index is 0.0273. The summed E-state index contributed by atoms with van der Waals surface area (Å²) in [5.74, 6) is 0.927. The molecule has 110 valence electrons. The zero-order valence-electron chi connectivity index (χ0n) is 11.6. The minimum atomic E-state index is -0.491. The monoisotopic (exact) mass is 306 g/mol. The number of nitro groups is 1. The van der Waals surface area contributed by atoms with E-state index in [1.165, 1.54) is 36.0 Å². The lowest BCUT2D eigenvalue weighted by molar-refractivity contribution is -0.384. The quantitative estimate of drug-likeness (QED) is 0.352. The second-order valence-corrected chi connectivity index (χ2v) is 5.23. The number of ketones is 1. The number of carbonyl (C=O) groups is 1. The molecular formula is C13H14N4O3S. The summed E-state index contributed by atoms with van der Waals surface area (Å²) in [6, 6.07) is 5.60. The Balaban J connectivity index is 2.03. The van der Waals surface area contributed by atoms with Gasteiger partial charge in [0.15, 0.2) is 10.9 Å². The van der Waals surface area contributed by atoms with E-state index in [-0.39, 0.29) is 17.2 Å². The Labute approximate surface area is 125 Å². The van der Waals surface area contributed by atoms with Crippen LogP contribution in [0.25, 0.3) is 0 Å². The summed E-state index contributed by atoms with van der Waals surface area (Å²) in [6.45, 7) is 4.59. The van der Waals surface area contributed by atoms with Crippen LogP contribution in [0, 0.1) is 17.0 Å². The number of nitro benzene ring substituents is 1. The maximum atomic E-state index is 12.1. The van der Waals surface area contributed by atoms with E-state index in [1.807, 2.05) is 18.4 Å². The van der Waals surface area contributed by atoms with E-state index in [4.69, 9.17) is 0 Å². The number of thioether (sulfide) groups is 1. The Morgan fingerprint density at radius 3 is 2.57 bits per heavy atom. The van der Waals surface area contributed by atoms with Crippen molar-refractivity contribution in [1.29, 1.82) is 0 Å². The molecule has 0 fully saturated rings. The van der Waals surface area contributed by atoms with Gasteiger partial charge >= 0.3 is 0 Å². The van der Waals surface area contributed by atoms with Gasteiger partial charge in [-0.25, -0.2) is 0 Å². The molecule has 21 heavy (non-hydrogen) atoms. The predicted octanol–water partition coefficient (Wildman–Crippen LogP) is 2.49. The molecule has 0 saturated heterocycles. The summed E-state index contributed by atoms with van der Waals surface area (Å²) in [4.78, 5) is 22.1. The van der Waals surface area contributed by atoms with Crippen molar-refractivity contribution in [2.24, 2.45) is 0 Å². The summed E-state index contributed by atoms with van der Waals surface area (Å²) in [5, 5.41) is 19.3. The van der Waals surface area contributed by atoms with Crippen LogP contribution in [0.5, 0.6) is 0 Å². The van der Waals surface area contributed by atoms with E-state index >= 15 is 0 Å². The van der Waals surface area contributed by atoms with Crippen LogP contribution < -0.4 is 0 Å². The summed E-state index contributed by atoms with van der Waals surface area (Å²) < 4.78 is 1.92. The summed E-state index contributed by atoms with van der Waals surface area (Å²) in [7, 11) is 0. The van der Waals surface area contributed by atoms with Crippen molar-refractivity contribution in [3.63, 3.8) is 0 Å². The number of hydrogen-bond donors (Lipinski definition) is 0. The third-order valence-corrected chi connectivity index (χ3v) is 3.92. The molecule has 0 spiro atoms. The number of hydrogen-bond acceptors (Lipinski definition) is 6. The van der Waals surface area contributed by atoms with Crippen molar-refractivity contribution in [2.75, 3.05) is 5.75 Å². The highest BCUT2D eigenvalue weighted by Gasteiger charge is 2.13. The highest BCUT2D eigenvalue weighted by molar-refractivity contribution is 7.99. The van der Waals surface area contributed by atoms with Crippen LogP contribution in [0.2, 0.25) is 0 Å². The van der Waals surface area contributed by atoms with Gasteiger partial charge in [-0.05, 0) is 26.0 Å². The molecule has 2 aromatic rings. The molecule has 2 rings (SSSR count). The molecule has 0 radical (unpaired) electrons. The average molecular weight is 306 g/mol. The van der Waals surface area contributed by atoms with E-state index in [2.05, 4.69) is 10.2 Å². The summed E-state index contributed by atoms with van der Waals surface area (Å²) >= 11 is 1.31. The van der Waals surface area contributed by atoms with Gasteiger partial charge in [0.05, 0.1) is 10.7 Å². The minimum Gasteiger partial charge on any atom is -0.307 e. The predicted molar refractivity (Wildman–Crippen MR) is 78.6 cm³/mol.